The van der Waals surface area contributed by atoms with Crippen molar-refractivity contribution in [3.8, 4) is 0 Å². The van der Waals surface area contributed by atoms with E-state index in [9.17, 15) is 14.9 Å². The Bertz CT molecular complexity index is 728. The maximum absolute atomic E-state index is 12.2. The number of nitro groups is 1. The number of hydrogen-bond acceptors (Lipinski definition) is 5. The molecule has 0 bridgehead atoms. The smallest absolute Gasteiger partial charge is 0.395 e. The molecule has 120 valence electrons. The van der Waals surface area contributed by atoms with Crippen molar-refractivity contribution >= 4 is 23.4 Å². The fraction of sp³-hybridized carbons (Fsp3) is 0.267. The van der Waals surface area contributed by atoms with Crippen molar-refractivity contribution in [2.45, 2.75) is 18.6 Å². The number of benzene rings is 1. The second-order valence-corrected chi connectivity index (χ2v) is 5.54. The fourth-order valence-electron chi connectivity index (χ4n) is 2.51. The number of amides is 1. The molecule has 2 aromatic rings. The van der Waals surface area contributed by atoms with Gasteiger partial charge >= 0.3 is 5.88 Å². The van der Waals surface area contributed by atoms with Crippen molar-refractivity contribution in [2.24, 2.45) is 0 Å². The number of nitrogens with zero attached hydrogens (tertiary/aromatic N) is 1. The Balaban J connectivity index is 1.71. The lowest BCUT2D eigenvalue weighted by atomic mass is 10.0. The number of nitrogens with one attached hydrogen (secondary N) is 1. The molecule has 23 heavy (non-hydrogen) atoms. The SMILES string of the molecule is O=C(N[C@H]1CCO[C@H]1c1ccc(Cl)cc1)c1ccc([N+](=O)[O-])o1. The predicted octanol–water partition coefficient (Wildman–Crippen LogP) is 3.10. The van der Waals surface area contributed by atoms with Crippen molar-refractivity contribution in [1.29, 1.82) is 0 Å². The van der Waals surface area contributed by atoms with Crippen LogP contribution in [0, 0.1) is 10.1 Å². The van der Waals surface area contributed by atoms with E-state index in [-0.39, 0.29) is 17.9 Å². The van der Waals surface area contributed by atoms with Crippen LogP contribution in [0.5, 0.6) is 0 Å². The molecule has 1 saturated heterocycles. The molecule has 1 aliphatic rings. The molecule has 8 heteroatoms. The second-order valence-electron chi connectivity index (χ2n) is 5.11. The summed E-state index contributed by atoms with van der Waals surface area (Å²) in [6.45, 7) is 0.510. The summed E-state index contributed by atoms with van der Waals surface area (Å²) in [4.78, 5) is 22.1. The first-order valence-electron chi connectivity index (χ1n) is 6.97. The molecule has 1 aromatic carbocycles. The predicted molar refractivity (Wildman–Crippen MR) is 81.4 cm³/mol. The van der Waals surface area contributed by atoms with Gasteiger partial charge in [-0.15, -0.1) is 0 Å². The fourth-order valence-corrected chi connectivity index (χ4v) is 2.63. The maximum Gasteiger partial charge on any atom is 0.433 e. The molecule has 0 unspecified atom stereocenters. The van der Waals surface area contributed by atoms with Crippen LogP contribution in [0.2, 0.25) is 5.02 Å². The number of hydrogen-bond donors (Lipinski definition) is 1. The minimum atomic E-state index is -0.689. The van der Waals surface area contributed by atoms with Gasteiger partial charge in [-0.1, -0.05) is 23.7 Å². The van der Waals surface area contributed by atoms with Crippen LogP contribution in [0.15, 0.2) is 40.8 Å². The summed E-state index contributed by atoms with van der Waals surface area (Å²) >= 11 is 5.87. The summed E-state index contributed by atoms with van der Waals surface area (Å²) in [6.07, 6.45) is 0.350. The van der Waals surface area contributed by atoms with E-state index in [1.807, 2.05) is 12.1 Å². The molecular formula is C15H13ClN2O5. The van der Waals surface area contributed by atoms with Crippen LogP contribution in [0.3, 0.4) is 0 Å². The zero-order valence-corrected chi connectivity index (χ0v) is 12.7. The molecule has 0 spiro atoms. The van der Waals surface area contributed by atoms with E-state index in [2.05, 4.69) is 5.32 Å². The first-order valence-corrected chi connectivity index (χ1v) is 7.34. The Morgan fingerprint density at radius 3 is 2.65 bits per heavy atom. The highest BCUT2D eigenvalue weighted by Crippen LogP contribution is 2.30. The van der Waals surface area contributed by atoms with Gasteiger partial charge < -0.3 is 14.5 Å². The van der Waals surface area contributed by atoms with Crippen LogP contribution in [0.25, 0.3) is 0 Å². The molecule has 0 radical (unpaired) electrons. The van der Waals surface area contributed by atoms with Gasteiger partial charge in [0.25, 0.3) is 5.91 Å². The third-order valence-electron chi connectivity index (χ3n) is 3.60. The van der Waals surface area contributed by atoms with E-state index in [4.69, 9.17) is 20.8 Å². The Morgan fingerprint density at radius 2 is 2.00 bits per heavy atom. The molecule has 1 fully saturated rings. The second kappa shape index (κ2) is 6.39. The zero-order chi connectivity index (χ0) is 16.4. The van der Waals surface area contributed by atoms with Crippen molar-refractivity contribution < 1.29 is 18.9 Å². The van der Waals surface area contributed by atoms with E-state index in [1.165, 1.54) is 6.07 Å². The number of carbonyl (C=O) groups is 1. The summed E-state index contributed by atoms with van der Waals surface area (Å²) in [5.74, 6) is -1.07. The van der Waals surface area contributed by atoms with Gasteiger partial charge in [-0.05, 0) is 30.2 Å². The summed E-state index contributed by atoms with van der Waals surface area (Å²) in [5, 5.41) is 14.0. The molecule has 0 aliphatic carbocycles. The highest BCUT2D eigenvalue weighted by Gasteiger charge is 2.32. The number of furan rings is 1. The lowest BCUT2D eigenvalue weighted by molar-refractivity contribution is -0.402. The lowest BCUT2D eigenvalue weighted by Crippen LogP contribution is -2.36. The maximum atomic E-state index is 12.2. The number of rotatable bonds is 4. The quantitative estimate of drug-likeness (QED) is 0.683. The third-order valence-corrected chi connectivity index (χ3v) is 3.85. The van der Waals surface area contributed by atoms with Gasteiger partial charge in [0.05, 0.1) is 12.1 Å². The van der Waals surface area contributed by atoms with Crippen LogP contribution in [0.1, 0.15) is 28.6 Å². The zero-order valence-electron chi connectivity index (χ0n) is 11.9. The minimum absolute atomic E-state index is 0.0987. The first kappa shape index (κ1) is 15.5. The molecule has 0 saturated carbocycles. The molecule has 1 aromatic heterocycles. The molecular weight excluding hydrogens is 324 g/mol. The van der Waals surface area contributed by atoms with Gasteiger partial charge in [-0.3, -0.25) is 14.9 Å². The van der Waals surface area contributed by atoms with Crippen LogP contribution >= 0.6 is 11.6 Å². The standard InChI is InChI=1S/C15H13ClN2O5/c16-10-3-1-9(2-4-10)14-11(7-8-22-14)17-15(19)12-5-6-13(23-12)18(20)21/h1-6,11,14H,7-8H2,(H,17,19)/t11-,14-/m0/s1. The normalized spacial score (nSPS) is 20.4. The van der Waals surface area contributed by atoms with Crippen molar-refractivity contribution in [1.82, 2.24) is 5.32 Å². The van der Waals surface area contributed by atoms with Gasteiger partial charge in [0.15, 0.2) is 5.76 Å². The topological polar surface area (TPSA) is 94.6 Å². The van der Waals surface area contributed by atoms with Crippen molar-refractivity contribution in [2.75, 3.05) is 6.61 Å². The summed E-state index contributed by atoms with van der Waals surface area (Å²) in [7, 11) is 0. The van der Waals surface area contributed by atoms with Crippen LogP contribution < -0.4 is 5.32 Å². The Hall–Kier alpha value is -2.38. The van der Waals surface area contributed by atoms with Crippen LogP contribution in [-0.2, 0) is 4.74 Å². The molecule has 1 aliphatic heterocycles. The highest BCUT2D eigenvalue weighted by atomic mass is 35.5. The monoisotopic (exact) mass is 336 g/mol. The molecule has 2 heterocycles. The number of carbonyl (C=O) groups excluding carboxylic acids is 1. The van der Waals surface area contributed by atoms with Gasteiger partial charge in [-0.25, -0.2) is 0 Å². The van der Waals surface area contributed by atoms with Crippen molar-refractivity contribution in [3.63, 3.8) is 0 Å². The van der Waals surface area contributed by atoms with E-state index >= 15 is 0 Å². The van der Waals surface area contributed by atoms with E-state index in [0.29, 0.717) is 18.1 Å². The van der Waals surface area contributed by atoms with Gasteiger partial charge in [0.2, 0.25) is 0 Å². The summed E-state index contributed by atoms with van der Waals surface area (Å²) in [5.41, 5.74) is 0.905. The molecule has 2 atom stereocenters. The highest BCUT2D eigenvalue weighted by molar-refractivity contribution is 6.30. The summed E-state index contributed by atoms with van der Waals surface area (Å²) < 4.78 is 10.6. The average Bonchev–Trinajstić information content (AvgIpc) is 3.17. The Morgan fingerprint density at radius 1 is 1.26 bits per heavy atom. The summed E-state index contributed by atoms with van der Waals surface area (Å²) in [6, 6.07) is 9.38. The Labute approximate surface area is 136 Å². The average molecular weight is 337 g/mol. The van der Waals surface area contributed by atoms with Gasteiger partial charge in [0.1, 0.15) is 11.0 Å². The third kappa shape index (κ3) is 3.35. The van der Waals surface area contributed by atoms with Crippen LogP contribution in [-0.4, -0.2) is 23.5 Å². The van der Waals surface area contributed by atoms with Gasteiger partial charge in [0, 0.05) is 11.6 Å². The minimum Gasteiger partial charge on any atom is -0.395 e. The van der Waals surface area contributed by atoms with Crippen molar-refractivity contribution in [3.05, 3.63) is 62.9 Å². The molecule has 3 rings (SSSR count). The number of halogens is 1. The first-order chi connectivity index (χ1) is 11.0. The molecule has 7 nitrogen and oxygen atoms in total. The van der Waals surface area contributed by atoms with Crippen LogP contribution in [0.4, 0.5) is 5.88 Å². The lowest BCUT2D eigenvalue weighted by Gasteiger charge is -2.19. The Kier molecular flexibility index (Phi) is 4.31. The van der Waals surface area contributed by atoms with Gasteiger partial charge in [-0.2, -0.15) is 0 Å². The van der Waals surface area contributed by atoms with E-state index < -0.39 is 16.7 Å². The van der Waals surface area contributed by atoms with E-state index in [0.717, 1.165) is 11.6 Å². The molecule has 1 N–H and O–H groups in total. The molecule has 1 amide bonds. The van der Waals surface area contributed by atoms with E-state index in [1.54, 1.807) is 12.1 Å². The number of ether oxygens (including phenoxy) is 1. The largest absolute Gasteiger partial charge is 0.433 e.